The fraction of sp³-hybridized carbons (Fsp3) is 0.286. The van der Waals surface area contributed by atoms with Crippen molar-refractivity contribution in [1.82, 2.24) is 10.7 Å². The van der Waals surface area contributed by atoms with Crippen molar-refractivity contribution in [3.63, 3.8) is 0 Å². The average molecular weight is 121 g/mol. The van der Waals surface area contributed by atoms with Crippen molar-refractivity contribution in [2.45, 2.75) is 13.5 Å². The van der Waals surface area contributed by atoms with E-state index in [-0.39, 0.29) is 6.54 Å². The normalized spacial score (nSPS) is 9.56. The van der Waals surface area contributed by atoms with Crippen LogP contribution in [0.5, 0.6) is 0 Å². The molecule has 1 radical (unpaired) electrons. The molecule has 0 fully saturated rings. The zero-order chi connectivity index (χ0) is 6.69. The van der Waals surface area contributed by atoms with Gasteiger partial charge in [-0.25, -0.2) is 0 Å². The van der Waals surface area contributed by atoms with Gasteiger partial charge in [0.05, 0.1) is 12.2 Å². The molecule has 0 saturated heterocycles. The van der Waals surface area contributed by atoms with Gasteiger partial charge < -0.3 is 0 Å². The summed E-state index contributed by atoms with van der Waals surface area (Å²) in [7, 11) is 0. The molecule has 0 spiro atoms. The lowest BCUT2D eigenvalue weighted by Gasteiger charge is -1.93. The summed E-state index contributed by atoms with van der Waals surface area (Å²) in [6, 6.07) is 3.85. The second kappa shape index (κ2) is 2.60. The van der Waals surface area contributed by atoms with E-state index in [4.69, 9.17) is 5.73 Å². The molecule has 47 valence electrons. The second-order valence-corrected chi connectivity index (χ2v) is 2.00. The number of aryl methyl sites for hydroxylation is 1. The van der Waals surface area contributed by atoms with Gasteiger partial charge in [0.2, 0.25) is 0 Å². The minimum Gasteiger partial charge on any atom is -0.260 e. The van der Waals surface area contributed by atoms with Crippen molar-refractivity contribution in [3.05, 3.63) is 29.6 Å². The number of pyridine rings is 1. The van der Waals surface area contributed by atoms with E-state index in [2.05, 4.69) is 4.98 Å². The Hall–Kier alpha value is -0.890. The summed E-state index contributed by atoms with van der Waals surface area (Å²) >= 11 is 0. The molecule has 0 atom stereocenters. The molecule has 2 nitrogen and oxygen atoms in total. The Bertz CT molecular complexity index is 196. The van der Waals surface area contributed by atoms with Gasteiger partial charge in [0.25, 0.3) is 0 Å². The van der Waals surface area contributed by atoms with Crippen LogP contribution in [0.15, 0.2) is 18.3 Å². The Labute approximate surface area is 54.7 Å². The van der Waals surface area contributed by atoms with E-state index in [9.17, 15) is 0 Å². The summed E-state index contributed by atoms with van der Waals surface area (Å²) in [5, 5.41) is 0. The third kappa shape index (κ3) is 1.50. The highest BCUT2D eigenvalue weighted by molar-refractivity contribution is 5.13. The van der Waals surface area contributed by atoms with Crippen molar-refractivity contribution >= 4 is 0 Å². The van der Waals surface area contributed by atoms with E-state index >= 15 is 0 Å². The molecule has 1 N–H and O–H groups in total. The van der Waals surface area contributed by atoms with Gasteiger partial charge in [-0.1, -0.05) is 0 Å². The van der Waals surface area contributed by atoms with Crippen LogP contribution in [0, 0.1) is 6.92 Å². The highest BCUT2D eigenvalue weighted by atomic mass is 14.7. The largest absolute Gasteiger partial charge is 0.260 e. The highest BCUT2D eigenvalue weighted by Crippen LogP contribution is 1.97. The Kier molecular flexibility index (Phi) is 1.80. The van der Waals surface area contributed by atoms with Crippen molar-refractivity contribution in [2.75, 3.05) is 0 Å². The molecule has 0 aliphatic carbocycles. The van der Waals surface area contributed by atoms with E-state index < -0.39 is 0 Å². The third-order valence-corrected chi connectivity index (χ3v) is 1.15. The lowest BCUT2D eigenvalue weighted by Crippen LogP contribution is -1.89. The molecule has 0 aromatic carbocycles. The summed E-state index contributed by atoms with van der Waals surface area (Å²) in [6.45, 7) is 2.28. The van der Waals surface area contributed by atoms with Gasteiger partial charge in [0.15, 0.2) is 0 Å². The van der Waals surface area contributed by atoms with E-state index in [1.165, 1.54) is 5.56 Å². The van der Waals surface area contributed by atoms with Gasteiger partial charge >= 0.3 is 0 Å². The van der Waals surface area contributed by atoms with Crippen LogP contribution in [0.4, 0.5) is 0 Å². The van der Waals surface area contributed by atoms with E-state index in [0.29, 0.717) is 0 Å². The number of rotatable bonds is 1. The lowest BCUT2D eigenvalue weighted by atomic mass is 10.2. The van der Waals surface area contributed by atoms with Gasteiger partial charge in [-0.15, -0.1) is 0 Å². The van der Waals surface area contributed by atoms with Gasteiger partial charge in [-0.3, -0.25) is 10.7 Å². The standard InChI is InChI=1S/C7H9N2/c1-6-2-3-9-7(4-6)5-8/h2-4,8H,5H2,1H3. The van der Waals surface area contributed by atoms with Gasteiger partial charge in [-0.05, 0) is 24.6 Å². The van der Waals surface area contributed by atoms with E-state index in [0.717, 1.165) is 5.69 Å². The predicted octanol–water partition coefficient (Wildman–Crippen LogP) is 1.17. The smallest absolute Gasteiger partial charge is 0.0558 e. The maximum Gasteiger partial charge on any atom is 0.0558 e. The Morgan fingerprint density at radius 1 is 1.67 bits per heavy atom. The minimum atomic E-state index is 0.279. The Morgan fingerprint density at radius 3 is 2.89 bits per heavy atom. The maximum absolute atomic E-state index is 6.98. The molecule has 2 heteroatoms. The fourth-order valence-electron chi connectivity index (χ4n) is 0.695. The molecule has 1 rings (SSSR count). The molecule has 0 aliphatic heterocycles. The lowest BCUT2D eigenvalue weighted by molar-refractivity contribution is 0.954. The molecular weight excluding hydrogens is 112 g/mol. The minimum absolute atomic E-state index is 0.279. The van der Waals surface area contributed by atoms with Crippen LogP contribution in [0.2, 0.25) is 0 Å². The zero-order valence-electron chi connectivity index (χ0n) is 5.39. The highest BCUT2D eigenvalue weighted by Gasteiger charge is 1.88. The van der Waals surface area contributed by atoms with Crippen LogP contribution in [0.3, 0.4) is 0 Å². The SMILES string of the molecule is Cc1ccnc(C[NH])c1. The monoisotopic (exact) mass is 121 g/mol. The van der Waals surface area contributed by atoms with Crippen LogP contribution in [-0.2, 0) is 6.54 Å². The zero-order valence-corrected chi connectivity index (χ0v) is 5.39. The molecule has 1 heterocycles. The molecule has 0 bridgehead atoms. The third-order valence-electron chi connectivity index (χ3n) is 1.15. The van der Waals surface area contributed by atoms with Crippen LogP contribution in [0.1, 0.15) is 11.3 Å². The van der Waals surface area contributed by atoms with Crippen LogP contribution >= 0.6 is 0 Å². The number of hydrogen-bond acceptors (Lipinski definition) is 1. The first-order valence-corrected chi connectivity index (χ1v) is 2.89. The Morgan fingerprint density at radius 2 is 2.44 bits per heavy atom. The van der Waals surface area contributed by atoms with Crippen molar-refractivity contribution in [3.8, 4) is 0 Å². The van der Waals surface area contributed by atoms with Crippen LogP contribution < -0.4 is 5.73 Å². The first-order chi connectivity index (χ1) is 4.33. The van der Waals surface area contributed by atoms with Gasteiger partial charge in [0.1, 0.15) is 0 Å². The Balaban J connectivity index is 2.94. The van der Waals surface area contributed by atoms with Crippen molar-refractivity contribution in [2.24, 2.45) is 0 Å². The molecule has 0 unspecified atom stereocenters. The number of hydrogen-bond donors (Lipinski definition) is 0. The summed E-state index contributed by atoms with van der Waals surface area (Å²) in [6.07, 6.45) is 1.74. The maximum atomic E-state index is 6.98. The molecule has 0 aliphatic rings. The summed E-state index contributed by atoms with van der Waals surface area (Å²) in [5.41, 5.74) is 8.99. The van der Waals surface area contributed by atoms with Gasteiger partial charge in [-0.2, -0.15) is 0 Å². The molecule has 0 saturated carbocycles. The first kappa shape index (κ1) is 6.23. The molecule has 1 aromatic heterocycles. The molecule has 1 aromatic rings. The summed E-state index contributed by atoms with van der Waals surface area (Å²) < 4.78 is 0. The average Bonchev–Trinajstić information content (AvgIpc) is 1.88. The fourth-order valence-corrected chi connectivity index (χ4v) is 0.695. The molecule has 9 heavy (non-hydrogen) atoms. The van der Waals surface area contributed by atoms with Crippen LogP contribution in [-0.4, -0.2) is 4.98 Å². The van der Waals surface area contributed by atoms with Gasteiger partial charge in [0, 0.05) is 6.20 Å². The van der Waals surface area contributed by atoms with E-state index in [1.54, 1.807) is 6.20 Å². The topological polar surface area (TPSA) is 36.7 Å². The number of nitrogens with zero attached hydrogens (tertiary/aromatic N) is 1. The molecular formula is C7H9N2. The quantitative estimate of drug-likeness (QED) is 0.549. The second-order valence-electron chi connectivity index (χ2n) is 2.00. The summed E-state index contributed by atoms with van der Waals surface area (Å²) in [4.78, 5) is 3.97. The number of nitrogens with one attached hydrogen (secondary N) is 1. The van der Waals surface area contributed by atoms with E-state index in [1.807, 2.05) is 19.1 Å². The van der Waals surface area contributed by atoms with Crippen molar-refractivity contribution in [1.29, 1.82) is 0 Å². The van der Waals surface area contributed by atoms with Crippen LogP contribution in [0.25, 0.3) is 0 Å². The first-order valence-electron chi connectivity index (χ1n) is 2.89. The summed E-state index contributed by atoms with van der Waals surface area (Å²) in [5.74, 6) is 0. The number of aromatic nitrogens is 1. The predicted molar refractivity (Wildman–Crippen MR) is 35.8 cm³/mol. The van der Waals surface area contributed by atoms with Crippen molar-refractivity contribution < 1.29 is 0 Å². The molecule has 0 amide bonds.